The number of amides is 1. The first-order chi connectivity index (χ1) is 9.35. The number of carboxylic acid groups (broad SMARTS) is 1. The van der Waals surface area contributed by atoms with Gasteiger partial charge < -0.3 is 10.4 Å². The Morgan fingerprint density at radius 3 is 2.35 bits per heavy atom. The van der Waals surface area contributed by atoms with Crippen LogP contribution in [0.25, 0.3) is 0 Å². The molecule has 1 unspecified atom stereocenters. The summed E-state index contributed by atoms with van der Waals surface area (Å²) in [5.74, 6) is -1.21. The van der Waals surface area contributed by atoms with Gasteiger partial charge in [-0.15, -0.1) is 0 Å². The molecule has 1 amide bonds. The number of hydrogen-bond acceptors (Lipinski definition) is 3. The predicted molar refractivity (Wildman–Crippen MR) is 77.3 cm³/mol. The fourth-order valence-corrected chi connectivity index (χ4v) is 1.70. The van der Waals surface area contributed by atoms with Gasteiger partial charge in [0.1, 0.15) is 6.04 Å². The third-order valence-corrected chi connectivity index (χ3v) is 3.21. The number of nitrogens with one attached hydrogen (secondary N) is 2. The molecule has 0 radical (unpaired) electrons. The number of aliphatic carboxylic acids is 1. The monoisotopic (exact) mass is 278 g/mol. The average molecular weight is 278 g/mol. The summed E-state index contributed by atoms with van der Waals surface area (Å²) in [6, 6.07) is 7.92. The van der Waals surface area contributed by atoms with E-state index in [1.54, 1.807) is 24.3 Å². The third-order valence-electron chi connectivity index (χ3n) is 3.21. The molecule has 5 heteroatoms. The molecule has 110 valence electrons. The zero-order valence-electron chi connectivity index (χ0n) is 12.1. The van der Waals surface area contributed by atoms with Gasteiger partial charge in [-0.25, -0.2) is 0 Å². The molecule has 0 saturated heterocycles. The van der Waals surface area contributed by atoms with Crippen molar-refractivity contribution in [3.63, 3.8) is 0 Å². The van der Waals surface area contributed by atoms with Crippen LogP contribution in [-0.2, 0) is 9.59 Å². The summed E-state index contributed by atoms with van der Waals surface area (Å²) in [4.78, 5) is 23.1. The molecule has 0 aliphatic carbocycles. The van der Waals surface area contributed by atoms with Gasteiger partial charge >= 0.3 is 5.97 Å². The van der Waals surface area contributed by atoms with Crippen LogP contribution < -0.4 is 10.6 Å². The van der Waals surface area contributed by atoms with E-state index in [-0.39, 0.29) is 18.0 Å². The molecule has 0 fully saturated rings. The highest BCUT2D eigenvalue weighted by Gasteiger charge is 2.22. The lowest BCUT2D eigenvalue weighted by Crippen LogP contribution is -2.47. The number of benzene rings is 1. The molecule has 5 nitrogen and oxygen atoms in total. The molecule has 0 bridgehead atoms. The standard InChI is InChI=1S/C15H22N2O3/c1-4-15(2,3)17-12(18)10-16-13(14(19)20)11-8-6-5-7-9-11/h5-9,13,16H,4,10H2,1-3H3,(H,17,18)(H,19,20). The Labute approximate surface area is 119 Å². The topological polar surface area (TPSA) is 78.4 Å². The average Bonchev–Trinajstić information content (AvgIpc) is 2.39. The van der Waals surface area contributed by atoms with E-state index in [4.69, 9.17) is 0 Å². The van der Waals surface area contributed by atoms with Crippen molar-refractivity contribution in [1.82, 2.24) is 10.6 Å². The number of carbonyl (C=O) groups excluding carboxylic acids is 1. The fraction of sp³-hybridized carbons (Fsp3) is 0.467. The summed E-state index contributed by atoms with van der Waals surface area (Å²) in [7, 11) is 0. The van der Waals surface area contributed by atoms with Crippen molar-refractivity contribution in [3.05, 3.63) is 35.9 Å². The second kappa shape index (κ2) is 7.05. The first kappa shape index (κ1) is 16.2. The molecule has 0 saturated carbocycles. The van der Waals surface area contributed by atoms with E-state index in [1.165, 1.54) is 0 Å². The Balaban J connectivity index is 2.61. The molecule has 0 spiro atoms. The van der Waals surface area contributed by atoms with Gasteiger partial charge in [0.05, 0.1) is 6.54 Å². The SMILES string of the molecule is CCC(C)(C)NC(=O)CNC(C(=O)O)c1ccccc1. The summed E-state index contributed by atoms with van der Waals surface area (Å²) >= 11 is 0. The molecule has 0 aliphatic rings. The van der Waals surface area contributed by atoms with E-state index in [9.17, 15) is 14.7 Å². The van der Waals surface area contributed by atoms with E-state index in [0.717, 1.165) is 6.42 Å². The van der Waals surface area contributed by atoms with Crippen molar-refractivity contribution in [2.24, 2.45) is 0 Å². The highest BCUT2D eigenvalue weighted by atomic mass is 16.4. The Morgan fingerprint density at radius 2 is 1.85 bits per heavy atom. The van der Waals surface area contributed by atoms with Crippen molar-refractivity contribution < 1.29 is 14.7 Å². The molecule has 0 heterocycles. The van der Waals surface area contributed by atoms with Gasteiger partial charge in [-0.3, -0.25) is 14.9 Å². The summed E-state index contributed by atoms with van der Waals surface area (Å²) < 4.78 is 0. The van der Waals surface area contributed by atoms with Crippen LogP contribution in [0.4, 0.5) is 0 Å². The molecular weight excluding hydrogens is 256 g/mol. The van der Waals surface area contributed by atoms with Crippen LogP contribution in [0, 0.1) is 0 Å². The van der Waals surface area contributed by atoms with Crippen molar-refractivity contribution in [2.45, 2.75) is 38.8 Å². The van der Waals surface area contributed by atoms with Gasteiger partial charge in [0.15, 0.2) is 0 Å². The van der Waals surface area contributed by atoms with Crippen LogP contribution in [0.3, 0.4) is 0 Å². The number of rotatable bonds is 7. The smallest absolute Gasteiger partial charge is 0.325 e. The number of hydrogen-bond donors (Lipinski definition) is 3. The van der Waals surface area contributed by atoms with Crippen molar-refractivity contribution in [3.8, 4) is 0 Å². The summed E-state index contributed by atoms with van der Waals surface area (Å²) in [5.41, 5.74) is 0.340. The maximum absolute atomic E-state index is 11.8. The van der Waals surface area contributed by atoms with Gasteiger partial charge in [0.25, 0.3) is 0 Å². The fourth-order valence-electron chi connectivity index (χ4n) is 1.70. The van der Waals surface area contributed by atoms with Crippen molar-refractivity contribution >= 4 is 11.9 Å². The van der Waals surface area contributed by atoms with Crippen LogP contribution in [0.15, 0.2) is 30.3 Å². The minimum Gasteiger partial charge on any atom is -0.480 e. The Hall–Kier alpha value is -1.88. The predicted octanol–water partition coefficient (Wildman–Crippen LogP) is 1.71. The summed E-state index contributed by atoms with van der Waals surface area (Å²) in [5, 5.41) is 14.9. The zero-order valence-corrected chi connectivity index (χ0v) is 12.1. The van der Waals surface area contributed by atoms with E-state index in [0.29, 0.717) is 5.56 Å². The summed E-state index contributed by atoms with van der Waals surface area (Å²) in [6.07, 6.45) is 0.805. The maximum Gasteiger partial charge on any atom is 0.325 e. The largest absolute Gasteiger partial charge is 0.480 e. The second-order valence-electron chi connectivity index (χ2n) is 5.35. The Kier molecular flexibility index (Phi) is 5.70. The van der Waals surface area contributed by atoms with Gasteiger partial charge in [-0.2, -0.15) is 0 Å². The van der Waals surface area contributed by atoms with Crippen molar-refractivity contribution in [1.29, 1.82) is 0 Å². The van der Waals surface area contributed by atoms with E-state index >= 15 is 0 Å². The Bertz CT molecular complexity index is 457. The lowest BCUT2D eigenvalue weighted by Gasteiger charge is -2.25. The quantitative estimate of drug-likeness (QED) is 0.709. The molecule has 0 aromatic heterocycles. The van der Waals surface area contributed by atoms with Crippen LogP contribution in [0.2, 0.25) is 0 Å². The van der Waals surface area contributed by atoms with Crippen LogP contribution in [0.1, 0.15) is 38.8 Å². The first-order valence-corrected chi connectivity index (χ1v) is 6.68. The molecule has 1 atom stereocenters. The summed E-state index contributed by atoms with van der Waals surface area (Å²) in [6.45, 7) is 5.81. The normalized spacial score (nSPS) is 12.8. The Morgan fingerprint density at radius 1 is 1.25 bits per heavy atom. The molecule has 1 rings (SSSR count). The molecule has 20 heavy (non-hydrogen) atoms. The van der Waals surface area contributed by atoms with Gasteiger partial charge in [-0.1, -0.05) is 37.3 Å². The maximum atomic E-state index is 11.8. The van der Waals surface area contributed by atoms with E-state index in [1.807, 2.05) is 26.8 Å². The van der Waals surface area contributed by atoms with E-state index in [2.05, 4.69) is 10.6 Å². The molecule has 1 aromatic rings. The zero-order chi connectivity index (χ0) is 15.2. The van der Waals surface area contributed by atoms with Crippen molar-refractivity contribution in [2.75, 3.05) is 6.54 Å². The van der Waals surface area contributed by atoms with Crippen LogP contribution >= 0.6 is 0 Å². The van der Waals surface area contributed by atoms with Crippen LogP contribution in [-0.4, -0.2) is 29.1 Å². The van der Waals surface area contributed by atoms with Gasteiger partial charge in [0, 0.05) is 5.54 Å². The third kappa shape index (κ3) is 5.01. The minimum absolute atomic E-state index is 0.0324. The second-order valence-corrected chi connectivity index (χ2v) is 5.35. The molecular formula is C15H22N2O3. The lowest BCUT2D eigenvalue weighted by molar-refractivity contribution is -0.139. The van der Waals surface area contributed by atoms with E-state index < -0.39 is 12.0 Å². The minimum atomic E-state index is -1.00. The molecule has 1 aromatic carbocycles. The van der Waals surface area contributed by atoms with Gasteiger partial charge in [0.2, 0.25) is 5.91 Å². The van der Waals surface area contributed by atoms with Crippen LogP contribution in [0.5, 0.6) is 0 Å². The highest BCUT2D eigenvalue weighted by Crippen LogP contribution is 2.12. The van der Waals surface area contributed by atoms with Gasteiger partial charge in [-0.05, 0) is 25.8 Å². The molecule has 0 aliphatic heterocycles. The number of carboxylic acids is 1. The lowest BCUT2D eigenvalue weighted by atomic mass is 10.0. The molecule has 3 N–H and O–H groups in total. The highest BCUT2D eigenvalue weighted by molar-refractivity contribution is 5.81. The number of carbonyl (C=O) groups is 2. The first-order valence-electron chi connectivity index (χ1n) is 6.68.